The summed E-state index contributed by atoms with van der Waals surface area (Å²) in [6.45, 7) is 4.58. The van der Waals surface area contributed by atoms with Crippen LogP contribution in [0.25, 0.3) is 0 Å². The van der Waals surface area contributed by atoms with Crippen molar-refractivity contribution in [1.82, 2.24) is 0 Å². The SMILES string of the molecule is CC1(C)CCC(N)C(Oc2ccccc2)C1. The van der Waals surface area contributed by atoms with Crippen molar-refractivity contribution in [3.63, 3.8) is 0 Å². The van der Waals surface area contributed by atoms with E-state index in [4.69, 9.17) is 10.5 Å². The molecule has 0 bridgehead atoms. The van der Waals surface area contributed by atoms with Crippen LogP contribution in [0.15, 0.2) is 30.3 Å². The summed E-state index contributed by atoms with van der Waals surface area (Å²) in [4.78, 5) is 0. The molecule has 1 saturated carbocycles. The minimum absolute atomic E-state index is 0.158. The molecular formula is C14H21NO. The number of hydrogen-bond donors (Lipinski definition) is 1. The minimum Gasteiger partial charge on any atom is -0.489 e. The van der Waals surface area contributed by atoms with Gasteiger partial charge in [0, 0.05) is 6.04 Å². The molecule has 1 fully saturated rings. The molecule has 0 saturated heterocycles. The smallest absolute Gasteiger partial charge is 0.119 e. The molecule has 0 spiro atoms. The highest BCUT2D eigenvalue weighted by molar-refractivity contribution is 5.21. The molecule has 0 aliphatic heterocycles. The van der Waals surface area contributed by atoms with Crippen LogP contribution in [0.1, 0.15) is 33.1 Å². The Bertz CT molecular complexity index is 334. The summed E-state index contributed by atoms with van der Waals surface area (Å²) >= 11 is 0. The molecule has 2 rings (SSSR count). The molecular weight excluding hydrogens is 198 g/mol. The monoisotopic (exact) mass is 219 g/mol. The van der Waals surface area contributed by atoms with Crippen LogP contribution in [0, 0.1) is 5.41 Å². The highest BCUT2D eigenvalue weighted by atomic mass is 16.5. The van der Waals surface area contributed by atoms with E-state index in [0.717, 1.165) is 18.6 Å². The quantitative estimate of drug-likeness (QED) is 0.830. The first kappa shape index (κ1) is 11.5. The molecule has 1 aromatic carbocycles. The molecule has 1 aliphatic carbocycles. The molecule has 1 aromatic rings. The Morgan fingerprint density at radius 2 is 1.94 bits per heavy atom. The molecule has 0 heterocycles. The highest BCUT2D eigenvalue weighted by Gasteiger charge is 2.34. The van der Waals surface area contributed by atoms with E-state index in [-0.39, 0.29) is 12.1 Å². The summed E-state index contributed by atoms with van der Waals surface area (Å²) in [6, 6.07) is 10.2. The van der Waals surface area contributed by atoms with Gasteiger partial charge in [-0.3, -0.25) is 0 Å². The number of hydrogen-bond acceptors (Lipinski definition) is 2. The van der Waals surface area contributed by atoms with E-state index in [9.17, 15) is 0 Å². The van der Waals surface area contributed by atoms with Gasteiger partial charge in [0.1, 0.15) is 11.9 Å². The second-order valence-corrected chi connectivity index (χ2v) is 5.54. The maximum atomic E-state index is 6.12. The van der Waals surface area contributed by atoms with Crippen molar-refractivity contribution in [3.05, 3.63) is 30.3 Å². The van der Waals surface area contributed by atoms with Crippen LogP contribution in [-0.4, -0.2) is 12.1 Å². The lowest BCUT2D eigenvalue weighted by atomic mass is 9.74. The molecule has 1 aliphatic rings. The molecule has 2 unspecified atom stereocenters. The Morgan fingerprint density at radius 1 is 1.25 bits per heavy atom. The van der Waals surface area contributed by atoms with Crippen LogP contribution >= 0.6 is 0 Å². The lowest BCUT2D eigenvalue weighted by Crippen LogP contribution is -2.46. The van der Waals surface area contributed by atoms with E-state index in [1.54, 1.807) is 0 Å². The second kappa shape index (κ2) is 4.46. The van der Waals surface area contributed by atoms with Crippen molar-refractivity contribution in [1.29, 1.82) is 0 Å². The summed E-state index contributed by atoms with van der Waals surface area (Å²) in [7, 11) is 0. The van der Waals surface area contributed by atoms with E-state index in [2.05, 4.69) is 13.8 Å². The Balaban J connectivity index is 2.03. The van der Waals surface area contributed by atoms with Gasteiger partial charge in [0.15, 0.2) is 0 Å². The number of nitrogens with two attached hydrogens (primary N) is 1. The average Bonchev–Trinajstić information content (AvgIpc) is 2.25. The average molecular weight is 219 g/mol. The van der Waals surface area contributed by atoms with Crippen LogP contribution in [0.5, 0.6) is 5.75 Å². The Morgan fingerprint density at radius 3 is 2.62 bits per heavy atom. The lowest BCUT2D eigenvalue weighted by Gasteiger charge is -2.39. The van der Waals surface area contributed by atoms with Gasteiger partial charge in [-0.15, -0.1) is 0 Å². The molecule has 2 nitrogen and oxygen atoms in total. The Labute approximate surface area is 97.8 Å². The summed E-state index contributed by atoms with van der Waals surface area (Å²) in [5.74, 6) is 0.931. The van der Waals surface area contributed by atoms with Gasteiger partial charge < -0.3 is 10.5 Å². The second-order valence-electron chi connectivity index (χ2n) is 5.54. The molecule has 16 heavy (non-hydrogen) atoms. The molecule has 2 N–H and O–H groups in total. The summed E-state index contributed by atoms with van der Waals surface area (Å²) < 4.78 is 5.98. The van der Waals surface area contributed by atoms with Gasteiger partial charge in [-0.25, -0.2) is 0 Å². The highest BCUT2D eigenvalue weighted by Crippen LogP contribution is 2.36. The first-order valence-corrected chi connectivity index (χ1v) is 6.04. The van der Waals surface area contributed by atoms with Crippen molar-refractivity contribution in [3.8, 4) is 5.75 Å². The minimum atomic E-state index is 0.158. The van der Waals surface area contributed by atoms with Gasteiger partial charge in [-0.05, 0) is 36.8 Å². The number of rotatable bonds is 2. The van der Waals surface area contributed by atoms with Crippen molar-refractivity contribution >= 4 is 0 Å². The van der Waals surface area contributed by atoms with Crippen molar-refractivity contribution < 1.29 is 4.74 Å². The number of ether oxygens (including phenoxy) is 1. The van der Waals surface area contributed by atoms with Crippen molar-refractivity contribution in [2.75, 3.05) is 0 Å². The molecule has 2 heteroatoms. The first-order valence-electron chi connectivity index (χ1n) is 6.04. The van der Waals surface area contributed by atoms with Crippen LogP contribution in [0.2, 0.25) is 0 Å². The molecule has 0 amide bonds. The zero-order valence-corrected chi connectivity index (χ0v) is 10.1. The van der Waals surface area contributed by atoms with Gasteiger partial charge in [-0.1, -0.05) is 32.0 Å². The number of para-hydroxylation sites is 1. The molecule has 0 radical (unpaired) electrons. The van der Waals surface area contributed by atoms with Gasteiger partial charge in [-0.2, -0.15) is 0 Å². The largest absolute Gasteiger partial charge is 0.489 e. The van der Waals surface area contributed by atoms with Crippen LogP contribution in [-0.2, 0) is 0 Å². The van der Waals surface area contributed by atoms with Gasteiger partial charge >= 0.3 is 0 Å². The van der Waals surface area contributed by atoms with Crippen LogP contribution < -0.4 is 10.5 Å². The third-order valence-electron chi connectivity index (χ3n) is 3.42. The third kappa shape index (κ3) is 2.76. The fourth-order valence-corrected chi connectivity index (χ4v) is 2.34. The topological polar surface area (TPSA) is 35.2 Å². The van der Waals surface area contributed by atoms with Crippen molar-refractivity contribution in [2.24, 2.45) is 11.1 Å². The maximum absolute atomic E-state index is 6.12. The normalized spacial score (nSPS) is 28.7. The van der Waals surface area contributed by atoms with Gasteiger partial charge in [0.2, 0.25) is 0 Å². The predicted molar refractivity (Wildman–Crippen MR) is 66.5 cm³/mol. The molecule has 0 aromatic heterocycles. The van der Waals surface area contributed by atoms with Crippen LogP contribution in [0.3, 0.4) is 0 Å². The third-order valence-corrected chi connectivity index (χ3v) is 3.42. The zero-order valence-electron chi connectivity index (χ0n) is 10.1. The zero-order chi connectivity index (χ0) is 11.6. The first-order chi connectivity index (χ1) is 7.57. The Kier molecular flexibility index (Phi) is 3.20. The summed E-state index contributed by atoms with van der Waals surface area (Å²) in [6.07, 6.45) is 3.46. The van der Waals surface area contributed by atoms with Gasteiger partial charge in [0.05, 0.1) is 0 Å². The van der Waals surface area contributed by atoms with E-state index in [1.165, 1.54) is 6.42 Å². The fourth-order valence-electron chi connectivity index (χ4n) is 2.34. The molecule has 2 atom stereocenters. The fraction of sp³-hybridized carbons (Fsp3) is 0.571. The summed E-state index contributed by atoms with van der Waals surface area (Å²) in [5.41, 5.74) is 6.48. The van der Waals surface area contributed by atoms with Crippen LogP contribution in [0.4, 0.5) is 0 Å². The standard InChI is InChI=1S/C14H21NO/c1-14(2)9-8-12(15)13(10-14)16-11-6-4-3-5-7-11/h3-7,12-13H,8-10,15H2,1-2H3. The van der Waals surface area contributed by atoms with E-state index >= 15 is 0 Å². The van der Waals surface area contributed by atoms with E-state index < -0.39 is 0 Å². The summed E-state index contributed by atoms with van der Waals surface area (Å²) in [5, 5.41) is 0. The van der Waals surface area contributed by atoms with Gasteiger partial charge in [0.25, 0.3) is 0 Å². The Hall–Kier alpha value is -1.02. The maximum Gasteiger partial charge on any atom is 0.119 e. The number of benzene rings is 1. The molecule has 88 valence electrons. The van der Waals surface area contributed by atoms with Crippen molar-refractivity contribution in [2.45, 2.75) is 45.3 Å². The predicted octanol–water partition coefficient (Wildman–Crippen LogP) is 2.97. The van der Waals surface area contributed by atoms with E-state index in [0.29, 0.717) is 5.41 Å². The lowest BCUT2D eigenvalue weighted by molar-refractivity contribution is 0.0669. The van der Waals surface area contributed by atoms with E-state index in [1.807, 2.05) is 30.3 Å².